The Bertz CT molecular complexity index is 604. The standard InChI is InChI=1S/C14H17BrN4O/c1-9-4-5-10(15)6-11(9)17-13-7-12(16-2)18-14(19-13)8-20-3/h4-7H,8H2,1-3H3,(H2,16,17,18,19). The van der Waals surface area contributed by atoms with Crippen molar-refractivity contribution < 1.29 is 4.74 Å². The van der Waals surface area contributed by atoms with Gasteiger partial charge in [0.2, 0.25) is 0 Å². The third-order valence-corrected chi connectivity index (χ3v) is 3.26. The van der Waals surface area contributed by atoms with Gasteiger partial charge in [-0.2, -0.15) is 0 Å². The van der Waals surface area contributed by atoms with E-state index in [1.165, 1.54) is 0 Å². The second-order valence-corrected chi connectivity index (χ2v) is 5.24. The molecular weight excluding hydrogens is 320 g/mol. The average Bonchev–Trinajstić information content (AvgIpc) is 2.43. The number of nitrogens with one attached hydrogen (secondary N) is 2. The number of rotatable bonds is 5. The summed E-state index contributed by atoms with van der Waals surface area (Å²) in [4.78, 5) is 8.76. The maximum absolute atomic E-state index is 5.09. The number of anilines is 3. The van der Waals surface area contributed by atoms with Crippen molar-refractivity contribution in [2.24, 2.45) is 0 Å². The van der Waals surface area contributed by atoms with E-state index in [1.54, 1.807) is 7.11 Å². The van der Waals surface area contributed by atoms with Crippen molar-refractivity contribution in [3.05, 3.63) is 40.1 Å². The molecule has 0 saturated heterocycles. The lowest BCUT2D eigenvalue weighted by Gasteiger charge is -2.12. The summed E-state index contributed by atoms with van der Waals surface area (Å²) in [7, 11) is 3.45. The van der Waals surface area contributed by atoms with E-state index >= 15 is 0 Å². The lowest BCUT2D eigenvalue weighted by Crippen LogP contribution is -2.05. The summed E-state index contributed by atoms with van der Waals surface area (Å²) in [6, 6.07) is 7.94. The molecule has 2 N–H and O–H groups in total. The number of nitrogens with zero attached hydrogens (tertiary/aromatic N) is 2. The molecule has 106 valence electrons. The van der Waals surface area contributed by atoms with Crippen LogP contribution in [0.25, 0.3) is 0 Å². The molecule has 0 spiro atoms. The van der Waals surface area contributed by atoms with E-state index in [2.05, 4.69) is 36.5 Å². The highest BCUT2D eigenvalue weighted by atomic mass is 79.9. The molecule has 0 fully saturated rings. The zero-order valence-electron chi connectivity index (χ0n) is 11.7. The van der Waals surface area contributed by atoms with Gasteiger partial charge in [0.05, 0.1) is 0 Å². The van der Waals surface area contributed by atoms with Gasteiger partial charge in [-0.1, -0.05) is 22.0 Å². The minimum atomic E-state index is 0.377. The maximum Gasteiger partial charge on any atom is 0.158 e. The summed E-state index contributed by atoms with van der Waals surface area (Å²) in [5, 5.41) is 6.33. The lowest BCUT2D eigenvalue weighted by atomic mass is 10.2. The monoisotopic (exact) mass is 336 g/mol. The number of aryl methyl sites for hydroxylation is 1. The molecule has 0 aliphatic rings. The Balaban J connectivity index is 2.32. The van der Waals surface area contributed by atoms with Crippen LogP contribution < -0.4 is 10.6 Å². The molecule has 6 heteroatoms. The molecule has 0 radical (unpaired) electrons. The predicted octanol–water partition coefficient (Wildman–Crippen LogP) is 3.48. The first kappa shape index (κ1) is 14.7. The number of benzene rings is 1. The van der Waals surface area contributed by atoms with Crippen LogP contribution in [0.2, 0.25) is 0 Å². The molecule has 2 rings (SSSR count). The summed E-state index contributed by atoms with van der Waals surface area (Å²) in [6.07, 6.45) is 0. The number of halogens is 1. The molecule has 1 heterocycles. The van der Waals surface area contributed by atoms with Crippen molar-refractivity contribution in [1.82, 2.24) is 9.97 Å². The number of aromatic nitrogens is 2. The number of hydrogen-bond donors (Lipinski definition) is 2. The molecule has 0 bridgehead atoms. The van der Waals surface area contributed by atoms with Crippen molar-refractivity contribution in [3.63, 3.8) is 0 Å². The van der Waals surface area contributed by atoms with Gasteiger partial charge in [-0.25, -0.2) is 9.97 Å². The summed E-state index contributed by atoms with van der Waals surface area (Å²) in [5.41, 5.74) is 2.15. The molecule has 20 heavy (non-hydrogen) atoms. The molecule has 0 aliphatic heterocycles. The molecule has 0 saturated carbocycles. The molecule has 1 aromatic carbocycles. The van der Waals surface area contributed by atoms with Crippen LogP contribution in [0, 0.1) is 6.92 Å². The minimum Gasteiger partial charge on any atom is -0.377 e. The maximum atomic E-state index is 5.09. The Morgan fingerprint density at radius 3 is 2.65 bits per heavy atom. The smallest absolute Gasteiger partial charge is 0.158 e. The van der Waals surface area contributed by atoms with Crippen LogP contribution >= 0.6 is 15.9 Å². The second-order valence-electron chi connectivity index (χ2n) is 4.32. The third kappa shape index (κ3) is 3.68. The SMILES string of the molecule is CNc1cc(Nc2cc(Br)ccc2C)nc(COC)n1. The Morgan fingerprint density at radius 1 is 1.20 bits per heavy atom. The zero-order valence-corrected chi connectivity index (χ0v) is 13.3. The molecule has 0 unspecified atom stereocenters. The summed E-state index contributed by atoms with van der Waals surface area (Å²) in [6.45, 7) is 2.42. The van der Waals surface area contributed by atoms with Crippen LogP contribution in [0.5, 0.6) is 0 Å². The molecule has 0 atom stereocenters. The van der Waals surface area contributed by atoms with E-state index in [0.717, 1.165) is 27.4 Å². The second kappa shape index (κ2) is 6.67. The van der Waals surface area contributed by atoms with Gasteiger partial charge in [0.15, 0.2) is 5.82 Å². The van der Waals surface area contributed by atoms with Crippen LogP contribution in [-0.2, 0) is 11.3 Å². The lowest BCUT2D eigenvalue weighted by molar-refractivity contribution is 0.178. The predicted molar refractivity (Wildman–Crippen MR) is 84.5 cm³/mol. The summed E-state index contributed by atoms with van der Waals surface area (Å²) < 4.78 is 6.11. The van der Waals surface area contributed by atoms with E-state index in [-0.39, 0.29) is 0 Å². The first-order valence-corrected chi connectivity index (χ1v) is 6.99. The normalized spacial score (nSPS) is 10.4. The highest BCUT2D eigenvalue weighted by Crippen LogP contribution is 2.24. The average molecular weight is 337 g/mol. The van der Waals surface area contributed by atoms with Gasteiger partial charge in [-0.05, 0) is 24.6 Å². The van der Waals surface area contributed by atoms with Gasteiger partial charge in [-0.15, -0.1) is 0 Å². The third-order valence-electron chi connectivity index (χ3n) is 2.76. The highest BCUT2D eigenvalue weighted by molar-refractivity contribution is 9.10. The van der Waals surface area contributed by atoms with Gasteiger partial charge in [-0.3, -0.25) is 0 Å². The van der Waals surface area contributed by atoms with E-state index in [4.69, 9.17) is 4.74 Å². The largest absolute Gasteiger partial charge is 0.377 e. The first-order valence-electron chi connectivity index (χ1n) is 6.20. The van der Waals surface area contributed by atoms with Crippen LogP contribution in [0.1, 0.15) is 11.4 Å². The fourth-order valence-corrected chi connectivity index (χ4v) is 2.11. The van der Waals surface area contributed by atoms with E-state index in [0.29, 0.717) is 12.4 Å². The molecule has 0 aliphatic carbocycles. The quantitative estimate of drug-likeness (QED) is 0.875. The molecule has 1 aromatic heterocycles. The zero-order chi connectivity index (χ0) is 14.5. The van der Waals surface area contributed by atoms with Gasteiger partial charge in [0.1, 0.15) is 18.2 Å². The fourth-order valence-electron chi connectivity index (χ4n) is 1.75. The Morgan fingerprint density at radius 2 is 1.95 bits per heavy atom. The van der Waals surface area contributed by atoms with Crippen LogP contribution in [0.15, 0.2) is 28.7 Å². The van der Waals surface area contributed by atoms with Gasteiger partial charge in [0.25, 0.3) is 0 Å². The van der Waals surface area contributed by atoms with Gasteiger partial charge >= 0.3 is 0 Å². The summed E-state index contributed by atoms with van der Waals surface area (Å²) in [5.74, 6) is 2.12. The highest BCUT2D eigenvalue weighted by Gasteiger charge is 2.06. The van der Waals surface area contributed by atoms with Crippen LogP contribution in [0.3, 0.4) is 0 Å². The number of hydrogen-bond acceptors (Lipinski definition) is 5. The summed E-state index contributed by atoms with van der Waals surface area (Å²) >= 11 is 3.47. The first-order chi connectivity index (χ1) is 9.62. The van der Waals surface area contributed by atoms with Crippen molar-refractivity contribution in [1.29, 1.82) is 0 Å². The minimum absolute atomic E-state index is 0.377. The molecular formula is C14H17BrN4O. The van der Waals surface area contributed by atoms with Gasteiger partial charge in [0, 0.05) is 30.4 Å². The van der Waals surface area contributed by atoms with E-state index in [9.17, 15) is 0 Å². The molecule has 0 amide bonds. The van der Waals surface area contributed by atoms with Crippen molar-refractivity contribution >= 4 is 33.3 Å². The van der Waals surface area contributed by atoms with Crippen molar-refractivity contribution in [2.45, 2.75) is 13.5 Å². The molecule has 2 aromatic rings. The number of methoxy groups -OCH3 is 1. The van der Waals surface area contributed by atoms with Crippen molar-refractivity contribution in [3.8, 4) is 0 Å². The van der Waals surface area contributed by atoms with Crippen molar-refractivity contribution in [2.75, 3.05) is 24.8 Å². The Kier molecular flexibility index (Phi) is 4.92. The van der Waals surface area contributed by atoms with E-state index < -0.39 is 0 Å². The van der Waals surface area contributed by atoms with Crippen LogP contribution in [0.4, 0.5) is 17.3 Å². The topological polar surface area (TPSA) is 59.1 Å². The fraction of sp³-hybridized carbons (Fsp3) is 0.286. The van der Waals surface area contributed by atoms with Gasteiger partial charge < -0.3 is 15.4 Å². The number of ether oxygens (including phenoxy) is 1. The van der Waals surface area contributed by atoms with Crippen LogP contribution in [-0.4, -0.2) is 24.1 Å². The Hall–Kier alpha value is -1.66. The van der Waals surface area contributed by atoms with E-state index in [1.807, 2.05) is 38.2 Å². The Labute approximate surface area is 126 Å². The molecule has 5 nitrogen and oxygen atoms in total.